The molecule has 33 heavy (non-hydrogen) atoms. The first kappa shape index (κ1) is 22.7. The molecule has 0 aliphatic carbocycles. The Bertz CT molecular complexity index is 1320. The van der Waals surface area contributed by atoms with E-state index in [2.05, 4.69) is 5.32 Å². The zero-order valence-corrected chi connectivity index (χ0v) is 19.3. The Morgan fingerprint density at radius 1 is 1.00 bits per heavy atom. The van der Waals surface area contributed by atoms with E-state index in [9.17, 15) is 8.42 Å². The Labute approximate surface area is 193 Å². The van der Waals surface area contributed by atoms with Gasteiger partial charge in [-0.15, -0.1) is 0 Å². The molecule has 4 aromatic rings. The number of hydrogen-bond acceptors (Lipinski definition) is 5. The minimum atomic E-state index is -3.71. The van der Waals surface area contributed by atoms with E-state index in [-0.39, 0.29) is 10.9 Å². The van der Waals surface area contributed by atoms with Crippen molar-refractivity contribution in [1.29, 1.82) is 0 Å². The van der Waals surface area contributed by atoms with E-state index in [4.69, 9.17) is 15.0 Å². The number of aromatic nitrogens is 2. The van der Waals surface area contributed by atoms with Crippen molar-refractivity contribution in [3.05, 3.63) is 96.2 Å². The van der Waals surface area contributed by atoms with Gasteiger partial charge in [-0.2, -0.15) is 5.10 Å². The van der Waals surface area contributed by atoms with Crippen molar-refractivity contribution < 1.29 is 13.2 Å². The van der Waals surface area contributed by atoms with Crippen LogP contribution in [-0.4, -0.2) is 25.3 Å². The third-order valence-corrected chi connectivity index (χ3v) is 6.41. The van der Waals surface area contributed by atoms with Crippen LogP contribution in [0.4, 0.5) is 0 Å². The number of para-hydroxylation sites is 1. The van der Waals surface area contributed by atoms with E-state index >= 15 is 0 Å². The van der Waals surface area contributed by atoms with Gasteiger partial charge >= 0.3 is 0 Å². The molecule has 170 valence electrons. The van der Waals surface area contributed by atoms with E-state index in [0.717, 1.165) is 33.8 Å². The third kappa shape index (κ3) is 5.31. The number of primary sulfonamides is 1. The topological polar surface area (TPSA) is 99.2 Å². The van der Waals surface area contributed by atoms with Crippen molar-refractivity contribution >= 4 is 10.0 Å². The van der Waals surface area contributed by atoms with Gasteiger partial charge in [0.25, 0.3) is 0 Å². The molecule has 0 spiro atoms. The number of nitrogens with two attached hydrogens (primary N) is 1. The molecule has 4 rings (SSSR count). The van der Waals surface area contributed by atoms with Gasteiger partial charge in [-0.3, -0.25) is 0 Å². The molecule has 0 aliphatic rings. The summed E-state index contributed by atoms with van der Waals surface area (Å²) in [5, 5.41) is 13.6. The molecule has 0 bridgehead atoms. The summed E-state index contributed by atoms with van der Waals surface area (Å²) in [4.78, 5) is 0.101. The molecule has 0 aliphatic heterocycles. The normalized spacial score (nSPS) is 12.5. The molecule has 1 unspecified atom stereocenters. The predicted octanol–water partition coefficient (Wildman–Crippen LogP) is 4.05. The lowest BCUT2D eigenvalue weighted by molar-refractivity contribution is 0.415. The van der Waals surface area contributed by atoms with Crippen LogP contribution in [0, 0.1) is 0 Å². The number of sulfonamides is 1. The van der Waals surface area contributed by atoms with Crippen LogP contribution >= 0.6 is 0 Å². The summed E-state index contributed by atoms with van der Waals surface area (Å²) in [7, 11) is -2.06. The summed E-state index contributed by atoms with van der Waals surface area (Å²) in [5.41, 5.74) is 4.85. The highest BCUT2D eigenvalue weighted by molar-refractivity contribution is 7.89. The molecule has 7 nitrogen and oxygen atoms in total. The summed E-state index contributed by atoms with van der Waals surface area (Å²) >= 11 is 0. The zero-order chi connectivity index (χ0) is 23.4. The molecular weight excluding hydrogens is 436 g/mol. The second-order valence-electron chi connectivity index (χ2n) is 7.73. The van der Waals surface area contributed by atoms with Crippen LogP contribution in [0.15, 0.2) is 90.0 Å². The van der Waals surface area contributed by atoms with Crippen LogP contribution in [-0.2, 0) is 16.6 Å². The zero-order valence-electron chi connectivity index (χ0n) is 18.5. The SMILES string of the molecule is COc1ccc(-c2nn(-c3ccccc3)cc2CNC(C)c2ccc(S(N)(=O)=O)cc2)cc1. The van der Waals surface area contributed by atoms with Crippen molar-refractivity contribution in [1.82, 2.24) is 15.1 Å². The lowest BCUT2D eigenvalue weighted by Gasteiger charge is -2.15. The quantitative estimate of drug-likeness (QED) is 0.412. The number of rotatable bonds is 8. The Hall–Kier alpha value is -3.46. The van der Waals surface area contributed by atoms with Gasteiger partial charge in [0.05, 0.1) is 23.4 Å². The molecule has 0 saturated carbocycles. The fourth-order valence-corrected chi connectivity index (χ4v) is 4.09. The molecule has 0 radical (unpaired) electrons. The number of hydrogen-bond donors (Lipinski definition) is 2. The van der Waals surface area contributed by atoms with Crippen molar-refractivity contribution in [2.24, 2.45) is 5.14 Å². The minimum Gasteiger partial charge on any atom is -0.497 e. The first-order chi connectivity index (χ1) is 15.8. The Kier molecular flexibility index (Phi) is 6.60. The number of benzene rings is 3. The molecule has 1 heterocycles. The van der Waals surface area contributed by atoms with Gasteiger partial charge in [-0.1, -0.05) is 30.3 Å². The minimum absolute atomic E-state index is 0.0108. The van der Waals surface area contributed by atoms with Crippen molar-refractivity contribution in [2.45, 2.75) is 24.4 Å². The van der Waals surface area contributed by atoms with Gasteiger partial charge in [-0.05, 0) is 61.0 Å². The highest BCUT2D eigenvalue weighted by Gasteiger charge is 2.15. The van der Waals surface area contributed by atoms with Crippen molar-refractivity contribution in [2.75, 3.05) is 7.11 Å². The van der Waals surface area contributed by atoms with Gasteiger partial charge in [0.2, 0.25) is 10.0 Å². The summed E-state index contributed by atoms with van der Waals surface area (Å²) in [5.74, 6) is 0.789. The van der Waals surface area contributed by atoms with Crippen LogP contribution in [0.5, 0.6) is 5.75 Å². The first-order valence-corrected chi connectivity index (χ1v) is 12.0. The summed E-state index contributed by atoms with van der Waals surface area (Å²) in [6.07, 6.45) is 2.03. The van der Waals surface area contributed by atoms with Gasteiger partial charge < -0.3 is 10.1 Å². The maximum absolute atomic E-state index is 11.5. The van der Waals surface area contributed by atoms with E-state index < -0.39 is 10.0 Å². The van der Waals surface area contributed by atoms with Crippen LogP contribution < -0.4 is 15.2 Å². The summed E-state index contributed by atoms with van der Waals surface area (Å²) < 4.78 is 30.2. The number of nitrogens with one attached hydrogen (secondary N) is 1. The Balaban J connectivity index is 1.59. The van der Waals surface area contributed by atoms with Crippen molar-refractivity contribution in [3.63, 3.8) is 0 Å². The molecule has 3 aromatic carbocycles. The largest absolute Gasteiger partial charge is 0.497 e. The standard InChI is InChI=1S/C25H26N4O3S/c1-18(19-10-14-24(15-11-19)33(26,30)31)27-16-21-17-29(22-6-4-3-5-7-22)28-25(21)20-8-12-23(32-2)13-9-20/h3-15,17-18,27H,16H2,1-2H3,(H2,26,30,31). The second kappa shape index (κ2) is 9.58. The lowest BCUT2D eigenvalue weighted by Crippen LogP contribution is -2.18. The van der Waals surface area contributed by atoms with E-state index in [1.54, 1.807) is 19.2 Å². The molecule has 0 saturated heterocycles. The number of ether oxygens (including phenoxy) is 1. The van der Waals surface area contributed by atoms with Crippen LogP contribution in [0.2, 0.25) is 0 Å². The van der Waals surface area contributed by atoms with Gasteiger partial charge in [0.1, 0.15) is 5.75 Å². The maximum Gasteiger partial charge on any atom is 0.238 e. The first-order valence-electron chi connectivity index (χ1n) is 10.5. The highest BCUT2D eigenvalue weighted by atomic mass is 32.2. The van der Waals surface area contributed by atoms with Gasteiger partial charge in [0, 0.05) is 29.9 Å². The molecule has 0 amide bonds. The van der Waals surface area contributed by atoms with Crippen molar-refractivity contribution in [3.8, 4) is 22.7 Å². The summed E-state index contributed by atoms with van der Waals surface area (Å²) in [6, 6.07) is 24.4. The lowest BCUT2D eigenvalue weighted by atomic mass is 10.1. The molecule has 3 N–H and O–H groups in total. The molecule has 8 heteroatoms. The highest BCUT2D eigenvalue weighted by Crippen LogP contribution is 2.26. The van der Waals surface area contributed by atoms with Crippen LogP contribution in [0.25, 0.3) is 16.9 Å². The fourth-order valence-electron chi connectivity index (χ4n) is 3.57. The predicted molar refractivity (Wildman–Crippen MR) is 129 cm³/mol. The fraction of sp³-hybridized carbons (Fsp3) is 0.160. The van der Waals surface area contributed by atoms with Gasteiger partial charge in [-0.25, -0.2) is 18.2 Å². The van der Waals surface area contributed by atoms with Crippen LogP contribution in [0.1, 0.15) is 24.1 Å². The average Bonchev–Trinajstić information content (AvgIpc) is 3.27. The molecular formula is C25H26N4O3S. The van der Waals surface area contributed by atoms with E-state index in [1.165, 1.54) is 12.1 Å². The molecule has 1 atom stereocenters. The Morgan fingerprint density at radius 2 is 1.67 bits per heavy atom. The summed E-state index contributed by atoms with van der Waals surface area (Å²) in [6.45, 7) is 2.60. The second-order valence-corrected chi connectivity index (χ2v) is 9.29. The smallest absolute Gasteiger partial charge is 0.238 e. The Morgan fingerprint density at radius 3 is 2.27 bits per heavy atom. The van der Waals surface area contributed by atoms with E-state index in [0.29, 0.717) is 6.54 Å². The van der Waals surface area contributed by atoms with Gasteiger partial charge in [0.15, 0.2) is 0 Å². The molecule has 0 fully saturated rings. The monoisotopic (exact) mass is 462 g/mol. The molecule has 1 aromatic heterocycles. The average molecular weight is 463 g/mol. The van der Waals surface area contributed by atoms with E-state index in [1.807, 2.05) is 72.4 Å². The maximum atomic E-state index is 11.5. The van der Waals surface area contributed by atoms with Crippen LogP contribution in [0.3, 0.4) is 0 Å². The number of nitrogens with zero attached hydrogens (tertiary/aromatic N) is 2. The number of methoxy groups -OCH3 is 1. The third-order valence-electron chi connectivity index (χ3n) is 5.48.